The standard InChI is InChI=1S/C20H23N5O2/c26-17-12-16(13-7-9-21-10-8-13)25-20(22-17)19-14(23-25)4-3-5-15(19)24-11-2-1-6-18(24)27/h3-5,12-13,21,23H,1-2,6-11H2. The molecule has 140 valence electrons. The Balaban J connectivity index is 1.75. The Labute approximate surface area is 156 Å². The van der Waals surface area contributed by atoms with Crippen molar-refractivity contribution in [1.82, 2.24) is 19.9 Å². The first kappa shape index (κ1) is 16.5. The number of anilines is 1. The van der Waals surface area contributed by atoms with Crippen LogP contribution >= 0.6 is 0 Å². The molecule has 3 aromatic rings. The maximum atomic E-state index is 12.5. The normalized spacial score (nSPS) is 19.3. The number of nitrogens with zero attached hydrogens (tertiary/aromatic N) is 3. The van der Waals surface area contributed by atoms with Crippen molar-refractivity contribution in [2.24, 2.45) is 0 Å². The third-order valence-electron chi connectivity index (χ3n) is 5.83. The molecular formula is C20H23N5O2. The number of hydrogen-bond donors (Lipinski definition) is 2. The van der Waals surface area contributed by atoms with Gasteiger partial charge in [-0.25, -0.2) is 4.52 Å². The van der Waals surface area contributed by atoms with Crippen LogP contribution < -0.4 is 15.8 Å². The summed E-state index contributed by atoms with van der Waals surface area (Å²) >= 11 is 0. The summed E-state index contributed by atoms with van der Waals surface area (Å²) in [6, 6.07) is 7.56. The van der Waals surface area contributed by atoms with Crippen LogP contribution in [0.4, 0.5) is 5.69 Å². The third-order valence-corrected chi connectivity index (χ3v) is 5.83. The number of fused-ring (bicyclic) bond motifs is 3. The van der Waals surface area contributed by atoms with E-state index in [0.29, 0.717) is 24.5 Å². The van der Waals surface area contributed by atoms with E-state index in [9.17, 15) is 9.59 Å². The topological polar surface area (TPSA) is 82.5 Å². The van der Waals surface area contributed by atoms with E-state index in [0.717, 1.165) is 61.1 Å². The minimum atomic E-state index is -0.218. The van der Waals surface area contributed by atoms with Gasteiger partial charge in [0.2, 0.25) is 5.91 Å². The zero-order valence-electron chi connectivity index (χ0n) is 15.2. The van der Waals surface area contributed by atoms with Crippen LogP contribution in [-0.2, 0) is 4.79 Å². The molecule has 2 aliphatic heterocycles. The Bertz CT molecular complexity index is 1080. The molecule has 0 bridgehead atoms. The zero-order valence-corrected chi connectivity index (χ0v) is 15.2. The lowest BCUT2D eigenvalue weighted by atomic mass is 9.94. The number of benzene rings is 1. The molecule has 2 fully saturated rings. The molecule has 0 unspecified atom stereocenters. The Hall–Kier alpha value is -2.67. The second-order valence-electron chi connectivity index (χ2n) is 7.52. The lowest BCUT2D eigenvalue weighted by Gasteiger charge is -2.27. The molecule has 2 aliphatic rings. The van der Waals surface area contributed by atoms with Crippen molar-refractivity contribution in [3.63, 3.8) is 0 Å². The van der Waals surface area contributed by atoms with Crippen LogP contribution in [0.15, 0.2) is 29.1 Å². The molecular weight excluding hydrogens is 342 g/mol. The van der Waals surface area contributed by atoms with Crippen LogP contribution in [0.25, 0.3) is 16.6 Å². The molecule has 2 aromatic heterocycles. The van der Waals surface area contributed by atoms with Crippen LogP contribution in [-0.4, -0.2) is 40.1 Å². The SMILES string of the molecule is O=C1CCCCN1c1cccc2[nH]n3c(C4CCNCC4)cc(=O)nc3c12. The van der Waals surface area contributed by atoms with Crippen molar-refractivity contribution in [2.75, 3.05) is 24.5 Å². The van der Waals surface area contributed by atoms with Gasteiger partial charge in [-0.15, -0.1) is 0 Å². The van der Waals surface area contributed by atoms with Gasteiger partial charge in [0.25, 0.3) is 5.56 Å². The van der Waals surface area contributed by atoms with Gasteiger partial charge in [0, 0.05) is 24.9 Å². The molecule has 1 aromatic carbocycles. The van der Waals surface area contributed by atoms with E-state index in [1.54, 1.807) is 6.07 Å². The van der Waals surface area contributed by atoms with Crippen LogP contribution in [0, 0.1) is 0 Å². The van der Waals surface area contributed by atoms with Crippen molar-refractivity contribution in [3.05, 3.63) is 40.3 Å². The van der Waals surface area contributed by atoms with Crippen molar-refractivity contribution in [2.45, 2.75) is 38.0 Å². The summed E-state index contributed by atoms with van der Waals surface area (Å²) in [5.41, 5.74) is 3.15. The van der Waals surface area contributed by atoms with Gasteiger partial charge >= 0.3 is 0 Å². The van der Waals surface area contributed by atoms with E-state index in [-0.39, 0.29) is 11.5 Å². The number of nitrogens with one attached hydrogen (secondary N) is 2. The fourth-order valence-corrected chi connectivity index (χ4v) is 4.48. The predicted molar refractivity (Wildman–Crippen MR) is 104 cm³/mol. The van der Waals surface area contributed by atoms with E-state index in [1.807, 2.05) is 27.6 Å². The molecule has 1 amide bonds. The first-order chi connectivity index (χ1) is 13.2. The van der Waals surface area contributed by atoms with E-state index in [1.165, 1.54) is 0 Å². The highest BCUT2D eigenvalue weighted by Gasteiger charge is 2.25. The van der Waals surface area contributed by atoms with Gasteiger partial charge in [-0.1, -0.05) is 6.07 Å². The average Bonchev–Trinajstić information content (AvgIpc) is 3.07. The minimum Gasteiger partial charge on any atom is -0.317 e. The van der Waals surface area contributed by atoms with Crippen molar-refractivity contribution >= 4 is 28.1 Å². The van der Waals surface area contributed by atoms with E-state index in [4.69, 9.17) is 0 Å². The van der Waals surface area contributed by atoms with E-state index in [2.05, 4.69) is 15.4 Å². The van der Waals surface area contributed by atoms with Crippen LogP contribution in [0.5, 0.6) is 0 Å². The number of carbonyl (C=O) groups is 1. The first-order valence-electron chi connectivity index (χ1n) is 9.78. The maximum Gasteiger partial charge on any atom is 0.273 e. The molecule has 0 aliphatic carbocycles. The van der Waals surface area contributed by atoms with Gasteiger partial charge in [-0.2, -0.15) is 4.98 Å². The van der Waals surface area contributed by atoms with Gasteiger partial charge in [0.05, 0.1) is 22.3 Å². The number of H-pyrrole nitrogens is 1. The number of rotatable bonds is 2. The number of aromatic amines is 1. The number of piperidine rings is 2. The Morgan fingerprint density at radius 3 is 2.78 bits per heavy atom. The highest BCUT2D eigenvalue weighted by atomic mass is 16.2. The summed E-state index contributed by atoms with van der Waals surface area (Å²) in [6.07, 6.45) is 4.51. The Morgan fingerprint density at radius 2 is 1.96 bits per heavy atom. The quantitative estimate of drug-likeness (QED) is 0.729. The fourth-order valence-electron chi connectivity index (χ4n) is 4.48. The predicted octanol–water partition coefficient (Wildman–Crippen LogP) is 2.16. The van der Waals surface area contributed by atoms with Crippen molar-refractivity contribution in [1.29, 1.82) is 0 Å². The molecule has 2 N–H and O–H groups in total. The van der Waals surface area contributed by atoms with E-state index >= 15 is 0 Å². The lowest BCUT2D eigenvalue weighted by Crippen LogP contribution is -2.35. The monoisotopic (exact) mass is 365 g/mol. The lowest BCUT2D eigenvalue weighted by molar-refractivity contribution is -0.119. The van der Waals surface area contributed by atoms with Gasteiger partial charge in [-0.3, -0.25) is 14.7 Å². The Kier molecular flexibility index (Phi) is 3.97. The van der Waals surface area contributed by atoms with Gasteiger partial charge in [-0.05, 0) is 50.9 Å². The molecule has 0 saturated carbocycles. The maximum absolute atomic E-state index is 12.5. The summed E-state index contributed by atoms with van der Waals surface area (Å²) in [7, 11) is 0. The number of carbonyl (C=O) groups excluding carboxylic acids is 1. The summed E-state index contributed by atoms with van der Waals surface area (Å²) in [5.74, 6) is 0.465. The molecule has 0 spiro atoms. The number of aromatic nitrogens is 3. The second-order valence-corrected chi connectivity index (χ2v) is 7.52. The molecule has 2 saturated heterocycles. The molecule has 5 rings (SSSR count). The van der Waals surface area contributed by atoms with Crippen molar-refractivity contribution in [3.8, 4) is 0 Å². The molecule has 0 atom stereocenters. The smallest absolute Gasteiger partial charge is 0.273 e. The molecule has 4 heterocycles. The summed E-state index contributed by atoms with van der Waals surface area (Å²) in [6.45, 7) is 2.63. The zero-order chi connectivity index (χ0) is 18.4. The third kappa shape index (κ3) is 2.73. The average molecular weight is 365 g/mol. The second kappa shape index (κ2) is 6.49. The van der Waals surface area contributed by atoms with Gasteiger partial charge in [0.1, 0.15) is 0 Å². The summed E-state index contributed by atoms with van der Waals surface area (Å²) in [5, 5.41) is 7.66. The van der Waals surface area contributed by atoms with Crippen molar-refractivity contribution < 1.29 is 4.79 Å². The molecule has 27 heavy (non-hydrogen) atoms. The number of amides is 1. The molecule has 7 nitrogen and oxygen atoms in total. The van der Waals surface area contributed by atoms with E-state index < -0.39 is 0 Å². The van der Waals surface area contributed by atoms with Gasteiger partial charge < -0.3 is 10.2 Å². The highest BCUT2D eigenvalue weighted by molar-refractivity contribution is 6.08. The van der Waals surface area contributed by atoms with Crippen LogP contribution in [0.2, 0.25) is 0 Å². The fraction of sp³-hybridized carbons (Fsp3) is 0.450. The highest BCUT2D eigenvalue weighted by Crippen LogP contribution is 2.33. The van der Waals surface area contributed by atoms with Crippen LogP contribution in [0.3, 0.4) is 0 Å². The first-order valence-corrected chi connectivity index (χ1v) is 9.78. The Morgan fingerprint density at radius 1 is 1.11 bits per heavy atom. The molecule has 0 radical (unpaired) electrons. The van der Waals surface area contributed by atoms with Gasteiger partial charge in [0.15, 0.2) is 5.65 Å². The van der Waals surface area contributed by atoms with Crippen LogP contribution in [0.1, 0.15) is 43.7 Å². The largest absolute Gasteiger partial charge is 0.317 e. The summed E-state index contributed by atoms with van der Waals surface area (Å²) < 4.78 is 1.96. The molecule has 7 heteroatoms. The minimum absolute atomic E-state index is 0.143. The number of hydrogen-bond acceptors (Lipinski definition) is 4. The summed E-state index contributed by atoms with van der Waals surface area (Å²) in [4.78, 5) is 31.1.